The van der Waals surface area contributed by atoms with Crippen molar-refractivity contribution in [2.45, 2.75) is 26.7 Å². The molecule has 1 atom stereocenters. The van der Waals surface area contributed by atoms with E-state index in [2.05, 4.69) is 44.6 Å². The van der Waals surface area contributed by atoms with Crippen LogP contribution in [0.3, 0.4) is 0 Å². The van der Waals surface area contributed by atoms with E-state index in [1.807, 2.05) is 0 Å². The first-order valence-corrected chi connectivity index (χ1v) is 7.04. The van der Waals surface area contributed by atoms with Crippen molar-refractivity contribution in [3.63, 3.8) is 0 Å². The van der Waals surface area contributed by atoms with Gasteiger partial charge in [0.25, 0.3) is 0 Å². The zero-order valence-electron chi connectivity index (χ0n) is 12.0. The summed E-state index contributed by atoms with van der Waals surface area (Å²) >= 11 is 0. The van der Waals surface area contributed by atoms with Gasteiger partial charge in [0.05, 0.1) is 11.6 Å². The number of hydrogen-bond donors (Lipinski definition) is 4. The Bertz CT molecular complexity index is 541. The van der Waals surface area contributed by atoms with Gasteiger partial charge in [-0.15, -0.1) is 0 Å². The molecule has 0 aliphatic carbocycles. The Morgan fingerprint density at radius 1 is 1.35 bits per heavy atom. The number of anilines is 2. The second kappa shape index (κ2) is 7.04. The first-order chi connectivity index (χ1) is 9.74. The van der Waals surface area contributed by atoms with Crippen LogP contribution in [0.15, 0.2) is 6.20 Å². The molecule has 0 saturated heterocycles. The maximum Gasteiger partial charge on any atom is 0.226 e. The lowest BCUT2D eigenvalue weighted by atomic mass is 10.1. The molecule has 0 bridgehead atoms. The van der Waals surface area contributed by atoms with Crippen LogP contribution < -0.4 is 10.6 Å². The van der Waals surface area contributed by atoms with Crippen molar-refractivity contribution in [2.75, 3.05) is 30.3 Å². The number of aromatic nitrogens is 4. The van der Waals surface area contributed by atoms with Crippen LogP contribution in [0.2, 0.25) is 0 Å². The van der Waals surface area contributed by atoms with E-state index in [-0.39, 0.29) is 6.61 Å². The molecule has 0 spiro atoms. The number of nitrogens with one attached hydrogen (secondary N) is 3. The van der Waals surface area contributed by atoms with E-state index >= 15 is 0 Å². The summed E-state index contributed by atoms with van der Waals surface area (Å²) in [4.78, 5) is 8.86. The highest BCUT2D eigenvalue weighted by Gasteiger charge is 2.10. The SMILES string of the molecule is CCCNc1nc(NCC(C)CCO)c2cn[nH]c2n1. The van der Waals surface area contributed by atoms with Crippen molar-refractivity contribution in [3.8, 4) is 0 Å². The largest absolute Gasteiger partial charge is 0.396 e. The van der Waals surface area contributed by atoms with Gasteiger partial charge in [-0.2, -0.15) is 15.1 Å². The average molecular weight is 278 g/mol. The molecule has 0 amide bonds. The van der Waals surface area contributed by atoms with Crippen LogP contribution in [-0.2, 0) is 0 Å². The molecule has 0 aliphatic heterocycles. The third-order valence-electron chi connectivity index (χ3n) is 3.08. The fourth-order valence-corrected chi connectivity index (χ4v) is 1.88. The Morgan fingerprint density at radius 2 is 2.20 bits per heavy atom. The van der Waals surface area contributed by atoms with Crippen LogP contribution in [0.4, 0.5) is 11.8 Å². The van der Waals surface area contributed by atoms with E-state index in [0.717, 1.165) is 42.8 Å². The van der Waals surface area contributed by atoms with Crippen LogP contribution in [0, 0.1) is 5.92 Å². The zero-order valence-corrected chi connectivity index (χ0v) is 12.0. The van der Waals surface area contributed by atoms with Crippen molar-refractivity contribution in [3.05, 3.63) is 6.20 Å². The van der Waals surface area contributed by atoms with Gasteiger partial charge in [0.15, 0.2) is 5.65 Å². The normalized spacial score (nSPS) is 12.6. The van der Waals surface area contributed by atoms with E-state index in [4.69, 9.17) is 5.11 Å². The number of nitrogens with zero attached hydrogens (tertiary/aromatic N) is 3. The number of fused-ring (bicyclic) bond motifs is 1. The Hall–Kier alpha value is -1.89. The Balaban J connectivity index is 2.14. The number of hydrogen-bond acceptors (Lipinski definition) is 6. The van der Waals surface area contributed by atoms with Crippen molar-refractivity contribution in [1.82, 2.24) is 20.2 Å². The topological polar surface area (TPSA) is 98.8 Å². The van der Waals surface area contributed by atoms with Gasteiger partial charge in [-0.3, -0.25) is 5.10 Å². The molecule has 0 fully saturated rings. The summed E-state index contributed by atoms with van der Waals surface area (Å²) in [7, 11) is 0. The quantitative estimate of drug-likeness (QED) is 0.585. The monoisotopic (exact) mass is 278 g/mol. The van der Waals surface area contributed by atoms with E-state index in [9.17, 15) is 0 Å². The Labute approximate surface area is 118 Å². The summed E-state index contributed by atoms with van der Waals surface area (Å²) in [5, 5.41) is 23.2. The molecule has 2 aromatic rings. The molecule has 0 saturated carbocycles. The number of aliphatic hydroxyl groups is 1. The lowest BCUT2D eigenvalue weighted by Crippen LogP contribution is -2.14. The summed E-state index contributed by atoms with van der Waals surface area (Å²) in [5.74, 6) is 1.75. The molecule has 4 N–H and O–H groups in total. The second-order valence-corrected chi connectivity index (χ2v) is 4.95. The van der Waals surface area contributed by atoms with Gasteiger partial charge in [0.2, 0.25) is 5.95 Å². The second-order valence-electron chi connectivity index (χ2n) is 4.95. The average Bonchev–Trinajstić information content (AvgIpc) is 2.91. The minimum absolute atomic E-state index is 0.205. The molecule has 2 aromatic heterocycles. The zero-order chi connectivity index (χ0) is 14.4. The number of H-pyrrole nitrogens is 1. The Morgan fingerprint density at radius 3 is 2.95 bits per heavy atom. The summed E-state index contributed by atoms with van der Waals surface area (Å²) in [6, 6.07) is 0. The van der Waals surface area contributed by atoms with E-state index in [1.165, 1.54) is 0 Å². The molecule has 2 rings (SSSR count). The standard InChI is InChI=1S/C13H22N6O/c1-3-5-14-13-17-11(15-7-9(2)4-6-20)10-8-16-19-12(10)18-13/h8-9,20H,3-7H2,1-2H3,(H3,14,15,16,17,18,19). The molecule has 0 aromatic carbocycles. The van der Waals surface area contributed by atoms with Gasteiger partial charge < -0.3 is 15.7 Å². The molecule has 110 valence electrons. The maximum absolute atomic E-state index is 8.94. The molecule has 20 heavy (non-hydrogen) atoms. The molecule has 7 heteroatoms. The third kappa shape index (κ3) is 3.57. The van der Waals surface area contributed by atoms with E-state index in [0.29, 0.717) is 11.9 Å². The summed E-state index contributed by atoms with van der Waals surface area (Å²) in [6.45, 7) is 5.98. The van der Waals surface area contributed by atoms with Crippen LogP contribution in [0.5, 0.6) is 0 Å². The molecule has 1 unspecified atom stereocenters. The predicted molar refractivity (Wildman–Crippen MR) is 79.8 cm³/mol. The molecule has 0 aliphatic rings. The van der Waals surface area contributed by atoms with Crippen LogP contribution in [0.1, 0.15) is 26.7 Å². The molecular weight excluding hydrogens is 256 g/mol. The highest BCUT2D eigenvalue weighted by Crippen LogP contribution is 2.20. The van der Waals surface area contributed by atoms with Gasteiger partial charge in [0.1, 0.15) is 5.82 Å². The lowest BCUT2D eigenvalue weighted by Gasteiger charge is -2.13. The molecular formula is C13H22N6O. The van der Waals surface area contributed by atoms with Gasteiger partial charge in [-0.25, -0.2) is 0 Å². The van der Waals surface area contributed by atoms with Gasteiger partial charge >= 0.3 is 0 Å². The smallest absolute Gasteiger partial charge is 0.226 e. The van der Waals surface area contributed by atoms with Crippen LogP contribution >= 0.6 is 0 Å². The van der Waals surface area contributed by atoms with Crippen LogP contribution in [0.25, 0.3) is 11.0 Å². The van der Waals surface area contributed by atoms with Gasteiger partial charge in [-0.05, 0) is 18.8 Å². The summed E-state index contributed by atoms with van der Waals surface area (Å²) in [5.41, 5.74) is 0.718. The van der Waals surface area contributed by atoms with Crippen molar-refractivity contribution in [2.24, 2.45) is 5.92 Å². The third-order valence-corrected chi connectivity index (χ3v) is 3.08. The molecule has 7 nitrogen and oxygen atoms in total. The number of aromatic amines is 1. The minimum atomic E-state index is 0.205. The predicted octanol–water partition coefficient (Wildman–Crippen LogP) is 1.61. The van der Waals surface area contributed by atoms with Gasteiger partial charge in [-0.1, -0.05) is 13.8 Å². The highest BCUT2D eigenvalue weighted by molar-refractivity contribution is 5.86. The highest BCUT2D eigenvalue weighted by atomic mass is 16.3. The first kappa shape index (κ1) is 14.5. The lowest BCUT2D eigenvalue weighted by molar-refractivity contribution is 0.266. The summed E-state index contributed by atoms with van der Waals surface area (Å²) < 4.78 is 0. The van der Waals surface area contributed by atoms with Crippen LogP contribution in [-0.4, -0.2) is 45.0 Å². The number of aliphatic hydroxyl groups excluding tert-OH is 1. The Kier molecular flexibility index (Phi) is 5.11. The first-order valence-electron chi connectivity index (χ1n) is 7.04. The van der Waals surface area contributed by atoms with Crippen molar-refractivity contribution < 1.29 is 5.11 Å². The van der Waals surface area contributed by atoms with Crippen molar-refractivity contribution >= 4 is 22.8 Å². The summed E-state index contributed by atoms with van der Waals surface area (Å²) in [6.07, 6.45) is 3.51. The maximum atomic E-state index is 8.94. The van der Waals surface area contributed by atoms with E-state index < -0.39 is 0 Å². The molecule has 0 radical (unpaired) electrons. The minimum Gasteiger partial charge on any atom is -0.396 e. The fraction of sp³-hybridized carbons (Fsp3) is 0.615. The fourth-order valence-electron chi connectivity index (χ4n) is 1.88. The van der Waals surface area contributed by atoms with Gasteiger partial charge in [0, 0.05) is 19.7 Å². The number of rotatable bonds is 8. The van der Waals surface area contributed by atoms with Crippen molar-refractivity contribution in [1.29, 1.82) is 0 Å². The molecule has 2 heterocycles. The van der Waals surface area contributed by atoms with E-state index in [1.54, 1.807) is 6.20 Å².